The van der Waals surface area contributed by atoms with Crippen LogP contribution < -0.4 is 5.73 Å². The molecule has 0 aromatic rings. The van der Waals surface area contributed by atoms with Gasteiger partial charge in [0.15, 0.2) is 0 Å². The van der Waals surface area contributed by atoms with E-state index in [1.54, 1.807) is 13.8 Å². The summed E-state index contributed by atoms with van der Waals surface area (Å²) in [6.45, 7) is 3.32. The minimum absolute atomic E-state index is 0. The fraction of sp³-hybridized carbons (Fsp3) is 0.800. The third-order valence-electron chi connectivity index (χ3n) is 1.03. The van der Waals surface area contributed by atoms with Crippen molar-refractivity contribution in [2.45, 2.75) is 24.6 Å². The van der Waals surface area contributed by atoms with Gasteiger partial charge in [0.05, 0.1) is 0 Å². The first kappa shape index (κ1) is 18.0. The van der Waals surface area contributed by atoms with Gasteiger partial charge in [-0.25, -0.2) is 0 Å². The largest absolute Gasteiger partial charge is 0.480 e. The average molecular weight is 410 g/mol. The molecule has 76 valence electrons. The molecule has 0 fully saturated rings. The van der Waals surface area contributed by atoms with Crippen molar-refractivity contribution in [2.24, 2.45) is 5.73 Å². The van der Waals surface area contributed by atoms with Crippen molar-refractivity contribution in [2.75, 3.05) is 0 Å². The molecular formula is C5H11AuCuNO2S. The second-order valence-corrected chi connectivity index (χ2v) is 3.62. The maximum absolute atomic E-state index is 10.2. The van der Waals surface area contributed by atoms with E-state index < -0.39 is 16.8 Å². The Morgan fingerprint density at radius 1 is 1.64 bits per heavy atom. The normalized spacial score (nSPS) is 12.4. The zero-order chi connectivity index (χ0) is 7.65. The molecule has 0 heterocycles. The van der Waals surface area contributed by atoms with E-state index in [0.717, 1.165) is 0 Å². The van der Waals surface area contributed by atoms with Crippen LogP contribution in [-0.2, 0) is 44.2 Å². The molecule has 0 amide bonds. The number of hydrogen-bond donors (Lipinski definition) is 3. The van der Waals surface area contributed by atoms with Crippen molar-refractivity contribution in [3.8, 4) is 0 Å². The van der Waals surface area contributed by atoms with Crippen LogP contribution >= 0.6 is 12.6 Å². The first-order chi connectivity index (χ1) is 3.85. The second kappa shape index (κ2) is 6.54. The van der Waals surface area contributed by atoms with Crippen molar-refractivity contribution in [3.05, 3.63) is 0 Å². The summed E-state index contributed by atoms with van der Waals surface area (Å²) < 4.78 is -0.647. The number of carbonyl (C=O) groups is 1. The van der Waals surface area contributed by atoms with Crippen molar-refractivity contribution in [3.63, 3.8) is 0 Å². The van der Waals surface area contributed by atoms with Gasteiger partial charge in [-0.3, -0.25) is 4.79 Å². The summed E-state index contributed by atoms with van der Waals surface area (Å²) >= 11 is 3.98. The van der Waals surface area contributed by atoms with Crippen LogP contribution in [-0.4, -0.2) is 21.9 Å². The van der Waals surface area contributed by atoms with Gasteiger partial charge in [0.2, 0.25) is 0 Å². The molecule has 0 aliphatic heterocycles. The Balaban J connectivity index is -0.000000320. The molecule has 0 aliphatic carbocycles. The minimum atomic E-state index is -1.02. The first-order valence-electron chi connectivity index (χ1n) is 2.56. The van der Waals surface area contributed by atoms with Crippen molar-refractivity contribution in [1.29, 1.82) is 0 Å². The molecule has 0 saturated heterocycles. The van der Waals surface area contributed by atoms with Gasteiger partial charge in [0.1, 0.15) is 6.04 Å². The Hall–Kier alpha value is 1.04. The van der Waals surface area contributed by atoms with E-state index in [4.69, 9.17) is 10.8 Å². The Morgan fingerprint density at radius 2 is 1.91 bits per heavy atom. The quantitative estimate of drug-likeness (QED) is 0.448. The van der Waals surface area contributed by atoms with E-state index in [1.807, 2.05) is 0 Å². The number of hydrogen-bond acceptors (Lipinski definition) is 3. The molecule has 3 nitrogen and oxygen atoms in total. The van der Waals surface area contributed by atoms with Gasteiger partial charge in [0, 0.05) is 44.2 Å². The Morgan fingerprint density at radius 3 is 1.91 bits per heavy atom. The molecule has 11 heavy (non-hydrogen) atoms. The molecule has 2 radical (unpaired) electrons. The number of aliphatic carboxylic acids is 1. The summed E-state index contributed by atoms with van der Waals surface area (Å²) in [5.41, 5.74) is 5.22. The van der Waals surface area contributed by atoms with Crippen molar-refractivity contribution < 1.29 is 49.3 Å². The molecule has 0 rings (SSSR count). The summed E-state index contributed by atoms with van der Waals surface area (Å²) in [6, 6.07) is -0.902. The van der Waals surface area contributed by atoms with E-state index in [2.05, 4.69) is 12.6 Å². The summed E-state index contributed by atoms with van der Waals surface area (Å²) in [5, 5.41) is 8.34. The second-order valence-electron chi connectivity index (χ2n) is 2.47. The third kappa shape index (κ3) is 7.40. The molecule has 6 heteroatoms. The molecule has 0 aromatic carbocycles. The number of nitrogens with two attached hydrogens (primary N) is 1. The van der Waals surface area contributed by atoms with Crippen LogP contribution in [0.25, 0.3) is 0 Å². The van der Waals surface area contributed by atoms with Crippen LogP contribution in [0, 0.1) is 0 Å². The van der Waals surface area contributed by atoms with Crippen molar-refractivity contribution >= 4 is 18.6 Å². The SMILES string of the molecule is CC(C)(S)[C@H](N)C(=O)O.[Au].[Cu]. The maximum atomic E-state index is 10.2. The molecule has 0 saturated carbocycles. The summed E-state index contributed by atoms with van der Waals surface area (Å²) in [6.07, 6.45) is 0. The van der Waals surface area contributed by atoms with Crippen LogP contribution in [0.2, 0.25) is 0 Å². The molecule has 0 unspecified atom stereocenters. The van der Waals surface area contributed by atoms with Crippen LogP contribution in [0.5, 0.6) is 0 Å². The standard InChI is InChI=1S/C5H11NO2S.Au.Cu/c1-5(2,9)3(6)4(7)8;;/h3,9H,6H2,1-2H3,(H,7,8);;/t3-;;/m1../s1. The predicted molar refractivity (Wildman–Crippen MR) is 38.7 cm³/mol. The predicted octanol–water partition coefficient (Wildman–Crippen LogP) is 0.102. The van der Waals surface area contributed by atoms with Gasteiger partial charge in [-0.05, 0) is 13.8 Å². The molecule has 1 atom stereocenters. The molecular weight excluding hydrogens is 399 g/mol. The molecule has 3 N–H and O–H groups in total. The summed E-state index contributed by atoms with van der Waals surface area (Å²) in [5.74, 6) is -1.02. The Kier molecular flexibility index (Phi) is 10.7. The van der Waals surface area contributed by atoms with Gasteiger partial charge < -0.3 is 10.8 Å². The fourth-order valence-corrected chi connectivity index (χ4v) is 0.413. The molecule has 0 bridgehead atoms. The van der Waals surface area contributed by atoms with Crippen LogP contribution in [0.15, 0.2) is 0 Å². The van der Waals surface area contributed by atoms with Crippen molar-refractivity contribution in [1.82, 2.24) is 0 Å². The van der Waals surface area contributed by atoms with Gasteiger partial charge >= 0.3 is 5.97 Å². The van der Waals surface area contributed by atoms with Gasteiger partial charge in [-0.1, -0.05) is 0 Å². The third-order valence-corrected chi connectivity index (χ3v) is 1.31. The first-order valence-corrected chi connectivity index (χ1v) is 3.01. The Labute approximate surface area is 97.9 Å². The Bertz CT molecular complexity index is 128. The van der Waals surface area contributed by atoms with Crippen LogP contribution in [0.3, 0.4) is 0 Å². The maximum Gasteiger partial charge on any atom is 0.321 e. The van der Waals surface area contributed by atoms with Gasteiger partial charge in [-0.2, -0.15) is 12.6 Å². The van der Waals surface area contributed by atoms with Gasteiger partial charge in [0.25, 0.3) is 0 Å². The molecule has 0 aliphatic rings. The summed E-state index contributed by atoms with van der Waals surface area (Å²) in [7, 11) is 0. The van der Waals surface area contributed by atoms with E-state index in [1.165, 1.54) is 0 Å². The van der Waals surface area contributed by atoms with Crippen LogP contribution in [0.1, 0.15) is 13.8 Å². The zero-order valence-corrected chi connectivity index (χ0v) is 10.1. The molecule has 0 aromatic heterocycles. The smallest absolute Gasteiger partial charge is 0.321 e. The van der Waals surface area contributed by atoms with E-state index in [9.17, 15) is 4.79 Å². The number of rotatable bonds is 2. The average Bonchev–Trinajstić information content (AvgIpc) is 1.62. The number of carboxylic acids is 1. The summed E-state index contributed by atoms with van der Waals surface area (Å²) in [4.78, 5) is 10.2. The van der Waals surface area contributed by atoms with E-state index in [-0.39, 0.29) is 39.4 Å². The minimum Gasteiger partial charge on any atom is -0.480 e. The number of thiol groups is 1. The zero-order valence-electron chi connectivity index (χ0n) is 6.06. The van der Waals surface area contributed by atoms with Crippen LogP contribution in [0.4, 0.5) is 0 Å². The molecule has 0 spiro atoms. The van der Waals surface area contributed by atoms with E-state index >= 15 is 0 Å². The fourth-order valence-electron chi connectivity index (χ4n) is 0.302. The monoisotopic (exact) mass is 409 g/mol. The number of carboxylic acid groups (broad SMARTS) is 1. The van der Waals surface area contributed by atoms with E-state index in [0.29, 0.717) is 0 Å². The topological polar surface area (TPSA) is 63.3 Å². The van der Waals surface area contributed by atoms with Gasteiger partial charge in [-0.15, -0.1) is 0 Å².